The summed E-state index contributed by atoms with van der Waals surface area (Å²) in [6.07, 6.45) is 4.73. The standard InChI is InChI=1S/C19H20N6O2S/c1-19(2,3)13-4-6-14(7-5-13)28(26,27)24-17-8-9-21-18-10-15(23-25(17)18)16-11-20-12-22-16/h4-12,24H,1-3H3,(H,20,22). The average Bonchev–Trinajstić information content (AvgIpc) is 3.30. The van der Waals surface area contributed by atoms with Gasteiger partial charge >= 0.3 is 0 Å². The summed E-state index contributed by atoms with van der Waals surface area (Å²) in [6.45, 7) is 6.24. The minimum absolute atomic E-state index is 0.0505. The number of H-pyrrole nitrogens is 1. The molecule has 0 unspecified atom stereocenters. The van der Waals surface area contributed by atoms with Gasteiger partial charge in [0.25, 0.3) is 10.0 Å². The molecule has 2 N–H and O–H groups in total. The Balaban J connectivity index is 1.69. The van der Waals surface area contributed by atoms with E-state index >= 15 is 0 Å². The molecule has 0 fully saturated rings. The van der Waals surface area contributed by atoms with Crippen LogP contribution in [0.2, 0.25) is 0 Å². The lowest BCUT2D eigenvalue weighted by atomic mass is 9.87. The Bertz CT molecular complexity index is 1220. The van der Waals surface area contributed by atoms with Crippen LogP contribution in [0, 0.1) is 0 Å². The Morgan fingerprint density at radius 1 is 1.11 bits per heavy atom. The largest absolute Gasteiger partial charge is 0.343 e. The highest BCUT2D eigenvalue weighted by Gasteiger charge is 2.19. The van der Waals surface area contributed by atoms with Gasteiger partial charge in [-0.15, -0.1) is 0 Å². The first-order valence-electron chi connectivity index (χ1n) is 8.71. The van der Waals surface area contributed by atoms with Crippen molar-refractivity contribution in [1.82, 2.24) is 24.6 Å². The lowest BCUT2D eigenvalue weighted by Gasteiger charge is -2.19. The molecule has 0 bridgehead atoms. The van der Waals surface area contributed by atoms with Crippen LogP contribution in [0.1, 0.15) is 26.3 Å². The number of imidazole rings is 1. The van der Waals surface area contributed by atoms with E-state index in [-0.39, 0.29) is 10.3 Å². The third-order valence-electron chi connectivity index (χ3n) is 4.40. The average molecular weight is 396 g/mol. The van der Waals surface area contributed by atoms with Crippen LogP contribution in [0.4, 0.5) is 5.82 Å². The number of aromatic nitrogens is 5. The fourth-order valence-corrected chi connectivity index (χ4v) is 3.87. The molecule has 8 nitrogen and oxygen atoms in total. The van der Waals surface area contributed by atoms with Crippen molar-refractivity contribution in [3.8, 4) is 11.4 Å². The molecule has 9 heteroatoms. The van der Waals surface area contributed by atoms with Crippen molar-refractivity contribution >= 4 is 21.5 Å². The first kappa shape index (κ1) is 18.2. The summed E-state index contributed by atoms with van der Waals surface area (Å²) < 4.78 is 29.8. The van der Waals surface area contributed by atoms with Crippen LogP contribution in [-0.4, -0.2) is 33.0 Å². The number of benzene rings is 1. The Labute approximate surface area is 162 Å². The molecule has 0 atom stereocenters. The molecule has 0 saturated carbocycles. The van der Waals surface area contributed by atoms with Crippen molar-refractivity contribution in [2.24, 2.45) is 0 Å². The predicted octanol–water partition coefficient (Wildman–Crippen LogP) is 3.22. The van der Waals surface area contributed by atoms with Gasteiger partial charge in [0.05, 0.1) is 23.1 Å². The van der Waals surface area contributed by atoms with E-state index in [0.29, 0.717) is 17.2 Å². The first-order chi connectivity index (χ1) is 13.2. The van der Waals surface area contributed by atoms with E-state index in [0.717, 1.165) is 11.3 Å². The minimum Gasteiger partial charge on any atom is -0.343 e. The number of fused-ring (bicyclic) bond motifs is 1. The smallest absolute Gasteiger partial charge is 0.263 e. The molecule has 144 valence electrons. The van der Waals surface area contributed by atoms with Crippen LogP contribution in [0.5, 0.6) is 0 Å². The zero-order chi connectivity index (χ0) is 19.9. The molecule has 1 aromatic carbocycles. The second-order valence-electron chi connectivity index (χ2n) is 7.47. The molecule has 3 aromatic heterocycles. The second-order valence-corrected chi connectivity index (χ2v) is 9.16. The Morgan fingerprint density at radius 2 is 1.86 bits per heavy atom. The predicted molar refractivity (Wildman–Crippen MR) is 107 cm³/mol. The maximum absolute atomic E-state index is 12.9. The highest BCUT2D eigenvalue weighted by atomic mass is 32.2. The van der Waals surface area contributed by atoms with E-state index in [9.17, 15) is 8.42 Å². The van der Waals surface area contributed by atoms with Crippen molar-refractivity contribution < 1.29 is 8.42 Å². The second kappa shape index (κ2) is 6.45. The summed E-state index contributed by atoms with van der Waals surface area (Å²) in [5.41, 5.74) is 2.87. The fraction of sp³-hybridized carbons (Fsp3) is 0.211. The molecule has 0 aliphatic heterocycles. The van der Waals surface area contributed by atoms with Crippen LogP contribution < -0.4 is 4.72 Å². The summed E-state index contributed by atoms with van der Waals surface area (Å²) >= 11 is 0. The summed E-state index contributed by atoms with van der Waals surface area (Å²) in [5.74, 6) is 0.302. The summed E-state index contributed by atoms with van der Waals surface area (Å²) in [7, 11) is -3.77. The Hall–Kier alpha value is -3.20. The Kier molecular flexibility index (Phi) is 4.19. The highest BCUT2D eigenvalue weighted by molar-refractivity contribution is 7.92. The summed E-state index contributed by atoms with van der Waals surface area (Å²) in [4.78, 5) is 11.4. The van der Waals surface area contributed by atoms with Crippen LogP contribution in [0.3, 0.4) is 0 Å². The zero-order valence-electron chi connectivity index (χ0n) is 15.7. The molecule has 0 radical (unpaired) electrons. The van der Waals surface area contributed by atoms with Gasteiger partial charge in [0.2, 0.25) is 0 Å². The molecule has 0 aliphatic rings. The van der Waals surface area contributed by atoms with E-state index in [1.807, 2.05) is 12.1 Å². The van der Waals surface area contributed by atoms with E-state index in [2.05, 4.69) is 45.5 Å². The first-order valence-corrected chi connectivity index (χ1v) is 10.2. The normalized spacial score (nSPS) is 12.4. The van der Waals surface area contributed by atoms with Crippen LogP contribution in [0.25, 0.3) is 17.0 Å². The number of sulfonamides is 1. The number of nitrogens with zero attached hydrogens (tertiary/aromatic N) is 4. The Morgan fingerprint density at radius 3 is 2.50 bits per heavy atom. The highest BCUT2D eigenvalue weighted by Crippen LogP contribution is 2.25. The SMILES string of the molecule is CC(C)(C)c1ccc(S(=O)(=O)Nc2ccnc3cc(-c4cnc[nH]4)nn23)cc1. The van der Waals surface area contributed by atoms with Gasteiger partial charge in [-0.3, -0.25) is 4.72 Å². The lowest BCUT2D eigenvalue weighted by molar-refractivity contribution is 0.587. The van der Waals surface area contributed by atoms with Crippen LogP contribution in [0.15, 0.2) is 60.0 Å². The minimum atomic E-state index is -3.77. The monoisotopic (exact) mass is 396 g/mol. The van der Waals surface area contributed by atoms with Gasteiger partial charge in [-0.25, -0.2) is 18.4 Å². The topological polar surface area (TPSA) is 105 Å². The van der Waals surface area contributed by atoms with Gasteiger partial charge in [0, 0.05) is 12.3 Å². The molecule has 0 amide bonds. The number of anilines is 1. The molecule has 0 aliphatic carbocycles. The van der Waals surface area contributed by atoms with E-state index in [1.54, 1.807) is 36.8 Å². The number of aromatic amines is 1. The van der Waals surface area contributed by atoms with E-state index in [4.69, 9.17) is 0 Å². The van der Waals surface area contributed by atoms with Gasteiger partial charge in [-0.05, 0) is 29.2 Å². The van der Waals surface area contributed by atoms with Crippen molar-refractivity contribution in [3.63, 3.8) is 0 Å². The van der Waals surface area contributed by atoms with Crippen LogP contribution in [-0.2, 0) is 15.4 Å². The molecule has 4 aromatic rings. The van der Waals surface area contributed by atoms with Gasteiger partial charge in [0.1, 0.15) is 11.5 Å². The lowest BCUT2D eigenvalue weighted by Crippen LogP contribution is -2.16. The molecular weight excluding hydrogens is 376 g/mol. The van der Waals surface area contributed by atoms with Crippen LogP contribution >= 0.6 is 0 Å². The number of rotatable bonds is 4. The maximum atomic E-state index is 12.9. The number of nitrogens with one attached hydrogen (secondary N) is 2. The quantitative estimate of drug-likeness (QED) is 0.551. The fourth-order valence-electron chi connectivity index (χ4n) is 2.83. The van der Waals surface area contributed by atoms with Crippen molar-refractivity contribution in [2.75, 3.05) is 4.72 Å². The van der Waals surface area contributed by atoms with Crippen molar-refractivity contribution in [2.45, 2.75) is 31.1 Å². The zero-order valence-corrected chi connectivity index (χ0v) is 16.5. The van der Waals surface area contributed by atoms with Gasteiger partial charge in [-0.2, -0.15) is 9.61 Å². The number of hydrogen-bond acceptors (Lipinski definition) is 5. The molecular formula is C19H20N6O2S. The third-order valence-corrected chi connectivity index (χ3v) is 5.77. The van der Waals surface area contributed by atoms with Gasteiger partial charge in [-0.1, -0.05) is 32.9 Å². The number of hydrogen-bond donors (Lipinski definition) is 2. The van der Waals surface area contributed by atoms with Gasteiger partial charge in [0.15, 0.2) is 5.65 Å². The van der Waals surface area contributed by atoms with Gasteiger partial charge < -0.3 is 4.98 Å². The molecule has 28 heavy (non-hydrogen) atoms. The maximum Gasteiger partial charge on any atom is 0.263 e. The summed E-state index contributed by atoms with van der Waals surface area (Å²) in [5, 5.41) is 4.44. The molecule has 0 saturated heterocycles. The third kappa shape index (κ3) is 3.36. The molecule has 0 spiro atoms. The van der Waals surface area contributed by atoms with Crippen molar-refractivity contribution in [1.29, 1.82) is 0 Å². The summed E-state index contributed by atoms with van der Waals surface area (Å²) in [6, 6.07) is 10.2. The molecule has 4 rings (SSSR count). The van der Waals surface area contributed by atoms with E-state index in [1.165, 1.54) is 10.7 Å². The molecule has 3 heterocycles. The van der Waals surface area contributed by atoms with E-state index < -0.39 is 10.0 Å². The van der Waals surface area contributed by atoms with Crippen molar-refractivity contribution in [3.05, 3.63) is 60.7 Å².